The molecule has 0 bridgehead atoms. The molecule has 1 heterocycles. The lowest BCUT2D eigenvalue weighted by atomic mass is 10.1. The van der Waals surface area contributed by atoms with Gasteiger partial charge in [0.05, 0.1) is 11.3 Å². The molecule has 1 aromatic heterocycles. The van der Waals surface area contributed by atoms with Crippen LogP contribution in [0.5, 0.6) is 0 Å². The Labute approximate surface area is 147 Å². The molecule has 0 amide bonds. The van der Waals surface area contributed by atoms with Crippen LogP contribution in [0.25, 0.3) is 17.1 Å². The predicted molar refractivity (Wildman–Crippen MR) is 92.7 cm³/mol. The monoisotopic (exact) mass is 361 g/mol. The minimum Gasteiger partial charge on any atom is -0.270 e. The highest BCUT2D eigenvalue weighted by molar-refractivity contribution is 7.99. The van der Waals surface area contributed by atoms with Crippen LogP contribution in [0, 0.1) is 0 Å². The van der Waals surface area contributed by atoms with E-state index in [4.69, 9.17) is 0 Å². The van der Waals surface area contributed by atoms with Crippen molar-refractivity contribution >= 4 is 11.8 Å². The molecule has 0 aliphatic carbocycles. The van der Waals surface area contributed by atoms with Crippen LogP contribution < -0.4 is 0 Å². The lowest BCUT2D eigenvalue weighted by molar-refractivity contribution is -0.137. The first kappa shape index (κ1) is 17.3. The second kappa shape index (κ2) is 7.14. The number of thioether (sulfide) groups is 1. The Kier molecular flexibility index (Phi) is 4.94. The van der Waals surface area contributed by atoms with Crippen LogP contribution >= 0.6 is 11.8 Å². The van der Waals surface area contributed by atoms with E-state index in [1.54, 1.807) is 16.7 Å². The maximum atomic E-state index is 13.1. The summed E-state index contributed by atoms with van der Waals surface area (Å²) < 4.78 is 40.9. The smallest absolute Gasteiger partial charge is 0.270 e. The van der Waals surface area contributed by atoms with E-state index < -0.39 is 11.7 Å². The number of rotatable bonds is 5. The summed E-state index contributed by atoms with van der Waals surface area (Å²) in [4.78, 5) is 0. The second-order valence-electron chi connectivity index (χ2n) is 5.16. The van der Waals surface area contributed by atoms with Gasteiger partial charge in [-0.2, -0.15) is 13.2 Å². The summed E-state index contributed by atoms with van der Waals surface area (Å²) in [5.74, 6) is 1.07. The van der Waals surface area contributed by atoms with Crippen molar-refractivity contribution < 1.29 is 13.2 Å². The first-order chi connectivity index (χ1) is 12.0. The predicted octanol–water partition coefficient (Wildman–Crippen LogP) is 5.23. The molecule has 3 aromatic rings. The summed E-state index contributed by atoms with van der Waals surface area (Å²) in [5, 5.41) is 8.84. The molecule has 128 valence electrons. The van der Waals surface area contributed by atoms with Gasteiger partial charge in [-0.1, -0.05) is 54.2 Å². The molecule has 0 radical (unpaired) electrons. The maximum Gasteiger partial charge on any atom is 0.416 e. The van der Waals surface area contributed by atoms with E-state index in [0.29, 0.717) is 22.4 Å². The summed E-state index contributed by atoms with van der Waals surface area (Å²) in [6.07, 6.45) is -2.70. The number of halogens is 3. The van der Waals surface area contributed by atoms with Crippen molar-refractivity contribution in [1.29, 1.82) is 0 Å². The molecule has 0 fully saturated rings. The van der Waals surface area contributed by atoms with Gasteiger partial charge in [0.25, 0.3) is 0 Å². The molecule has 3 nitrogen and oxygen atoms in total. The molecule has 25 heavy (non-hydrogen) atoms. The maximum absolute atomic E-state index is 13.1. The van der Waals surface area contributed by atoms with Gasteiger partial charge in [0.15, 0.2) is 11.0 Å². The van der Waals surface area contributed by atoms with Gasteiger partial charge in [-0.25, -0.2) is 0 Å². The molecule has 0 atom stereocenters. The van der Waals surface area contributed by atoms with Crippen LogP contribution in [0.2, 0.25) is 0 Å². The molecular formula is C18H14F3N3S. The van der Waals surface area contributed by atoms with Crippen LogP contribution in [0.3, 0.4) is 0 Å². The van der Waals surface area contributed by atoms with Crippen molar-refractivity contribution in [3.8, 4) is 17.1 Å². The van der Waals surface area contributed by atoms with E-state index in [1.165, 1.54) is 17.8 Å². The fourth-order valence-electron chi connectivity index (χ4n) is 2.33. The third-order valence-electron chi connectivity index (χ3n) is 3.43. The molecule has 3 rings (SSSR count). The highest BCUT2D eigenvalue weighted by atomic mass is 32.2. The topological polar surface area (TPSA) is 30.7 Å². The van der Waals surface area contributed by atoms with Crippen molar-refractivity contribution in [2.45, 2.75) is 11.3 Å². The summed E-state index contributed by atoms with van der Waals surface area (Å²) in [5.41, 5.74) is 0.431. The fraction of sp³-hybridized carbons (Fsp3) is 0.111. The quantitative estimate of drug-likeness (QED) is 0.460. The number of hydrogen-bond acceptors (Lipinski definition) is 3. The van der Waals surface area contributed by atoms with E-state index in [2.05, 4.69) is 16.8 Å². The molecule has 0 saturated heterocycles. The average Bonchev–Trinajstić information content (AvgIpc) is 3.04. The van der Waals surface area contributed by atoms with Crippen molar-refractivity contribution in [3.05, 3.63) is 72.8 Å². The fourth-order valence-corrected chi connectivity index (χ4v) is 3.01. The number of aromatic nitrogens is 3. The summed E-state index contributed by atoms with van der Waals surface area (Å²) in [6, 6.07) is 14.4. The molecule has 2 aromatic carbocycles. The van der Waals surface area contributed by atoms with Gasteiger partial charge in [-0.3, -0.25) is 4.57 Å². The molecule has 0 aliphatic rings. The van der Waals surface area contributed by atoms with Crippen LogP contribution in [0.15, 0.2) is 72.4 Å². The molecule has 0 aliphatic heterocycles. The van der Waals surface area contributed by atoms with Gasteiger partial charge in [-0.05, 0) is 18.2 Å². The van der Waals surface area contributed by atoms with Crippen LogP contribution in [-0.2, 0) is 6.18 Å². The zero-order valence-corrected chi connectivity index (χ0v) is 13.9. The lowest BCUT2D eigenvalue weighted by Crippen LogP contribution is -2.07. The number of benzene rings is 2. The average molecular weight is 361 g/mol. The molecule has 7 heteroatoms. The van der Waals surface area contributed by atoms with Gasteiger partial charge >= 0.3 is 6.18 Å². The van der Waals surface area contributed by atoms with Crippen LogP contribution in [0.1, 0.15) is 5.56 Å². The molecule has 0 unspecified atom stereocenters. The van der Waals surface area contributed by atoms with Crippen molar-refractivity contribution in [1.82, 2.24) is 14.8 Å². The molecule has 0 spiro atoms. The van der Waals surface area contributed by atoms with Crippen LogP contribution in [0.4, 0.5) is 13.2 Å². The second-order valence-corrected chi connectivity index (χ2v) is 6.14. The Hall–Kier alpha value is -2.54. The van der Waals surface area contributed by atoms with Gasteiger partial charge in [0.1, 0.15) is 0 Å². The molecular weight excluding hydrogens is 347 g/mol. The Morgan fingerprint density at radius 2 is 1.80 bits per heavy atom. The lowest BCUT2D eigenvalue weighted by Gasteiger charge is -2.13. The minimum absolute atomic E-state index is 0.366. The van der Waals surface area contributed by atoms with Gasteiger partial charge < -0.3 is 0 Å². The Morgan fingerprint density at radius 1 is 1.04 bits per heavy atom. The van der Waals surface area contributed by atoms with Crippen molar-refractivity contribution in [2.75, 3.05) is 5.75 Å². The normalized spacial score (nSPS) is 11.5. The van der Waals surface area contributed by atoms with Gasteiger partial charge in [0, 0.05) is 11.3 Å². The van der Waals surface area contributed by atoms with E-state index in [-0.39, 0.29) is 0 Å². The minimum atomic E-state index is -4.41. The van der Waals surface area contributed by atoms with Gasteiger partial charge in [-0.15, -0.1) is 16.8 Å². The zero-order chi connectivity index (χ0) is 17.9. The van der Waals surface area contributed by atoms with E-state index in [1.807, 2.05) is 30.3 Å². The third kappa shape index (κ3) is 3.76. The summed E-state index contributed by atoms with van der Waals surface area (Å²) in [7, 11) is 0. The Balaban J connectivity index is 2.16. The largest absolute Gasteiger partial charge is 0.416 e. The van der Waals surface area contributed by atoms with Gasteiger partial charge in [0.2, 0.25) is 0 Å². The highest BCUT2D eigenvalue weighted by Gasteiger charge is 2.31. The standard InChI is InChI=1S/C18H14F3N3S/c1-2-11-25-17-23-22-16(13-7-4-3-5-8-13)24(17)15-10-6-9-14(12-15)18(19,20)21/h2-10,12H,1,11H2. The number of hydrogen-bond donors (Lipinski definition) is 0. The molecule has 0 saturated carbocycles. The zero-order valence-electron chi connectivity index (χ0n) is 13.1. The van der Waals surface area contributed by atoms with E-state index in [9.17, 15) is 13.2 Å². The van der Waals surface area contributed by atoms with Crippen molar-refractivity contribution in [2.24, 2.45) is 0 Å². The number of alkyl halides is 3. The van der Waals surface area contributed by atoms with E-state index >= 15 is 0 Å². The summed E-state index contributed by atoms with van der Waals surface area (Å²) >= 11 is 1.36. The Morgan fingerprint density at radius 3 is 2.48 bits per heavy atom. The first-order valence-electron chi connectivity index (χ1n) is 7.43. The SMILES string of the molecule is C=CCSc1nnc(-c2ccccc2)n1-c1cccc(C(F)(F)F)c1. The number of nitrogens with zero attached hydrogens (tertiary/aromatic N) is 3. The van der Waals surface area contributed by atoms with E-state index in [0.717, 1.165) is 17.7 Å². The Bertz CT molecular complexity index is 873. The van der Waals surface area contributed by atoms with Crippen molar-refractivity contribution in [3.63, 3.8) is 0 Å². The third-order valence-corrected chi connectivity index (χ3v) is 4.35. The molecule has 0 N–H and O–H groups in total. The summed E-state index contributed by atoms with van der Waals surface area (Å²) in [6.45, 7) is 3.66. The van der Waals surface area contributed by atoms with Crippen LogP contribution in [-0.4, -0.2) is 20.5 Å². The highest BCUT2D eigenvalue weighted by Crippen LogP contribution is 2.33. The first-order valence-corrected chi connectivity index (χ1v) is 8.41.